The maximum atomic E-state index is 12.4. The lowest BCUT2D eigenvalue weighted by Gasteiger charge is -2.14. The molecule has 0 spiro atoms. The fraction of sp³-hybridized carbons (Fsp3) is 0.211. The number of hydrogen-bond donors (Lipinski definition) is 1. The van der Waals surface area contributed by atoms with Gasteiger partial charge in [-0.3, -0.25) is 14.4 Å². The van der Waals surface area contributed by atoms with Crippen molar-refractivity contribution in [2.24, 2.45) is 0 Å². The van der Waals surface area contributed by atoms with E-state index < -0.39 is 0 Å². The third-order valence-corrected chi connectivity index (χ3v) is 3.99. The van der Waals surface area contributed by atoms with Crippen molar-refractivity contribution < 1.29 is 19.1 Å². The summed E-state index contributed by atoms with van der Waals surface area (Å²) in [5.41, 5.74) is 1.71. The van der Waals surface area contributed by atoms with Gasteiger partial charge >= 0.3 is 0 Å². The Labute approximate surface area is 145 Å². The zero-order valence-corrected chi connectivity index (χ0v) is 13.8. The fourth-order valence-corrected chi connectivity index (χ4v) is 2.71. The summed E-state index contributed by atoms with van der Waals surface area (Å²) in [5, 5.41) is 2.79. The number of fused-ring (bicyclic) bond motifs is 1. The fourth-order valence-electron chi connectivity index (χ4n) is 2.71. The Morgan fingerprint density at radius 2 is 1.60 bits per heavy atom. The van der Waals surface area contributed by atoms with Gasteiger partial charge in [-0.05, 0) is 42.8 Å². The molecule has 128 valence electrons. The van der Waals surface area contributed by atoms with Crippen LogP contribution in [-0.4, -0.2) is 38.0 Å². The Balaban J connectivity index is 1.72. The van der Waals surface area contributed by atoms with Crippen molar-refractivity contribution in [1.82, 2.24) is 5.32 Å². The summed E-state index contributed by atoms with van der Waals surface area (Å²) < 4.78 is 4.93. The van der Waals surface area contributed by atoms with Crippen LogP contribution in [0.25, 0.3) is 0 Å². The molecule has 2 aromatic carbocycles. The van der Waals surface area contributed by atoms with Crippen LogP contribution in [-0.2, 0) is 4.74 Å². The van der Waals surface area contributed by atoms with Crippen LogP contribution in [0.1, 0.15) is 37.5 Å². The van der Waals surface area contributed by atoms with E-state index in [1.165, 1.54) is 0 Å². The summed E-state index contributed by atoms with van der Waals surface area (Å²) in [5.74, 6) is -0.903. The van der Waals surface area contributed by atoms with E-state index in [1.54, 1.807) is 55.6 Å². The number of carbonyl (C=O) groups excluding carboxylic acids is 3. The minimum absolute atomic E-state index is 0.204. The number of nitrogens with zero attached hydrogens (tertiary/aromatic N) is 1. The molecule has 6 nitrogen and oxygen atoms in total. The number of anilines is 1. The molecule has 25 heavy (non-hydrogen) atoms. The van der Waals surface area contributed by atoms with E-state index >= 15 is 0 Å². The summed E-state index contributed by atoms with van der Waals surface area (Å²) in [4.78, 5) is 38.1. The highest BCUT2D eigenvalue weighted by atomic mass is 16.5. The second kappa shape index (κ2) is 7.27. The van der Waals surface area contributed by atoms with Gasteiger partial charge in [0.25, 0.3) is 17.7 Å². The summed E-state index contributed by atoms with van der Waals surface area (Å²) in [7, 11) is 1.61. The highest BCUT2D eigenvalue weighted by Gasteiger charge is 2.36. The van der Waals surface area contributed by atoms with E-state index in [0.29, 0.717) is 35.5 Å². The van der Waals surface area contributed by atoms with Crippen molar-refractivity contribution in [3.63, 3.8) is 0 Å². The molecule has 0 saturated carbocycles. The molecule has 0 atom stereocenters. The largest absolute Gasteiger partial charge is 0.385 e. The molecule has 0 aliphatic carbocycles. The third kappa shape index (κ3) is 3.29. The smallest absolute Gasteiger partial charge is 0.266 e. The van der Waals surface area contributed by atoms with E-state index in [1.807, 2.05) is 0 Å². The average molecular weight is 338 g/mol. The molecule has 0 saturated heterocycles. The topological polar surface area (TPSA) is 75.7 Å². The van der Waals surface area contributed by atoms with Gasteiger partial charge in [0.05, 0.1) is 16.8 Å². The quantitative estimate of drug-likeness (QED) is 0.647. The van der Waals surface area contributed by atoms with Gasteiger partial charge in [-0.1, -0.05) is 12.1 Å². The molecule has 1 aliphatic heterocycles. The number of carbonyl (C=O) groups is 3. The standard InChI is InChI=1S/C19H18N2O4/c1-25-12-4-11-20-17(22)13-7-9-14(10-8-13)21-18(23)15-5-2-3-6-16(15)19(21)24/h2-3,5-10H,4,11-12H2,1H3,(H,20,22). The lowest BCUT2D eigenvalue weighted by atomic mass is 10.1. The van der Waals surface area contributed by atoms with Gasteiger partial charge in [0.1, 0.15) is 0 Å². The van der Waals surface area contributed by atoms with Gasteiger partial charge in [-0.25, -0.2) is 4.90 Å². The van der Waals surface area contributed by atoms with E-state index in [-0.39, 0.29) is 17.7 Å². The van der Waals surface area contributed by atoms with Crippen molar-refractivity contribution in [1.29, 1.82) is 0 Å². The zero-order chi connectivity index (χ0) is 17.8. The number of imide groups is 1. The van der Waals surface area contributed by atoms with Gasteiger partial charge in [0, 0.05) is 25.8 Å². The van der Waals surface area contributed by atoms with Crippen LogP contribution in [0.3, 0.4) is 0 Å². The first-order chi connectivity index (χ1) is 12.1. The van der Waals surface area contributed by atoms with Crippen LogP contribution >= 0.6 is 0 Å². The van der Waals surface area contributed by atoms with E-state index in [0.717, 1.165) is 11.3 Å². The predicted molar refractivity (Wildman–Crippen MR) is 92.9 cm³/mol. The molecule has 1 heterocycles. The first-order valence-corrected chi connectivity index (χ1v) is 7.98. The SMILES string of the molecule is COCCCNC(=O)c1ccc(N2C(=O)c3ccccc3C2=O)cc1. The number of benzene rings is 2. The van der Waals surface area contributed by atoms with Gasteiger partial charge in [-0.2, -0.15) is 0 Å². The van der Waals surface area contributed by atoms with Gasteiger partial charge in [0.15, 0.2) is 0 Å². The third-order valence-electron chi connectivity index (χ3n) is 3.99. The molecular weight excluding hydrogens is 320 g/mol. The second-order valence-corrected chi connectivity index (χ2v) is 5.64. The molecule has 3 amide bonds. The van der Waals surface area contributed by atoms with Gasteiger partial charge in [-0.15, -0.1) is 0 Å². The highest BCUT2D eigenvalue weighted by Crippen LogP contribution is 2.28. The predicted octanol–water partition coefficient (Wildman–Crippen LogP) is 2.25. The molecule has 0 unspecified atom stereocenters. The number of hydrogen-bond acceptors (Lipinski definition) is 4. The molecular formula is C19H18N2O4. The minimum Gasteiger partial charge on any atom is -0.385 e. The van der Waals surface area contributed by atoms with Crippen molar-refractivity contribution in [3.05, 3.63) is 65.2 Å². The minimum atomic E-state index is -0.350. The zero-order valence-electron chi connectivity index (χ0n) is 13.8. The van der Waals surface area contributed by atoms with Crippen LogP contribution < -0.4 is 10.2 Å². The first kappa shape index (κ1) is 16.9. The number of methoxy groups -OCH3 is 1. The normalized spacial score (nSPS) is 13.1. The summed E-state index contributed by atoms with van der Waals surface area (Å²) >= 11 is 0. The highest BCUT2D eigenvalue weighted by molar-refractivity contribution is 6.34. The Kier molecular flexibility index (Phi) is 4.90. The van der Waals surface area contributed by atoms with Crippen LogP contribution in [0.15, 0.2) is 48.5 Å². The second-order valence-electron chi connectivity index (χ2n) is 5.64. The van der Waals surface area contributed by atoms with Gasteiger partial charge in [0.2, 0.25) is 0 Å². The maximum absolute atomic E-state index is 12.4. The van der Waals surface area contributed by atoms with E-state index in [9.17, 15) is 14.4 Å². The molecule has 0 bridgehead atoms. The van der Waals surface area contributed by atoms with Crippen LogP contribution in [0, 0.1) is 0 Å². The monoisotopic (exact) mass is 338 g/mol. The summed E-state index contributed by atoms with van der Waals surface area (Å²) in [6, 6.07) is 13.1. The van der Waals surface area contributed by atoms with Gasteiger partial charge < -0.3 is 10.1 Å². The Morgan fingerprint density at radius 3 is 2.16 bits per heavy atom. The van der Waals surface area contributed by atoms with E-state index in [2.05, 4.69) is 5.32 Å². The maximum Gasteiger partial charge on any atom is 0.266 e. The Morgan fingerprint density at radius 1 is 1.00 bits per heavy atom. The number of amides is 3. The first-order valence-electron chi connectivity index (χ1n) is 7.98. The van der Waals surface area contributed by atoms with Crippen LogP contribution in [0.5, 0.6) is 0 Å². The lowest BCUT2D eigenvalue weighted by molar-refractivity contribution is 0.0922. The molecule has 0 aromatic heterocycles. The number of rotatable bonds is 6. The van der Waals surface area contributed by atoms with Crippen molar-refractivity contribution >= 4 is 23.4 Å². The van der Waals surface area contributed by atoms with E-state index in [4.69, 9.17) is 4.74 Å². The molecule has 3 rings (SSSR count). The van der Waals surface area contributed by atoms with Crippen LogP contribution in [0.4, 0.5) is 5.69 Å². The number of ether oxygens (including phenoxy) is 1. The van der Waals surface area contributed by atoms with Crippen molar-refractivity contribution in [3.8, 4) is 0 Å². The average Bonchev–Trinajstić information content (AvgIpc) is 2.90. The molecule has 2 aromatic rings. The molecule has 6 heteroatoms. The molecule has 1 aliphatic rings. The van der Waals surface area contributed by atoms with Crippen molar-refractivity contribution in [2.75, 3.05) is 25.2 Å². The Bertz CT molecular complexity index is 779. The summed E-state index contributed by atoms with van der Waals surface area (Å²) in [6.45, 7) is 1.10. The lowest BCUT2D eigenvalue weighted by Crippen LogP contribution is -2.29. The molecule has 1 N–H and O–H groups in total. The summed E-state index contributed by atoms with van der Waals surface area (Å²) in [6.07, 6.45) is 0.732. The molecule has 0 radical (unpaired) electrons. The van der Waals surface area contributed by atoms with Crippen molar-refractivity contribution in [2.45, 2.75) is 6.42 Å². The molecule has 0 fully saturated rings. The Hall–Kier alpha value is -2.99. The number of nitrogens with one attached hydrogen (secondary N) is 1. The van der Waals surface area contributed by atoms with Crippen LogP contribution in [0.2, 0.25) is 0 Å².